The molecule has 0 fully saturated rings. The van der Waals surface area contributed by atoms with Gasteiger partial charge in [0.25, 0.3) is 0 Å². The maximum atomic E-state index is 14.7. The van der Waals surface area contributed by atoms with Crippen molar-refractivity contribution < 1.29 is 36.2 Å². The Bertz CT molecular complexity index is 1490. The number of hydrogen-bond acceptors (Lipinski definition) is 6. The van der Waals surface area contributed by atoms with E-state index in [1.54, 1.807) is 10.6 Å². The van der Waals surface area contributed by atoms with Crippen LogP contribution in [0.15, 0.2) is 53.3 Å². The number of anilines is 1. The fraction of sp³-hybridized carbons (Fsp3) is 0.280. The number of benzene rings is 2. The van der Waals surface area contributed by atoms with Crippen molar-refractivity contribution in [1.82, 2.24) is 9.55 Å². The van der Waals surface area contributed by atoms with Crippen LogP contribution in [0, 0.1) is 11.6 Å². The molecule has 200 valence electrons. The van der Waals surface area contributed by atoms with Gasteiger partial charge in [-0.25, -0.2) is 13.6 Å². The third-order valence-corrected chi connectivity index (χ3v) is 6.47. The molecule has 0 saturated heterocycles. The zero-order valence-electron chi connectivity index (χ0n) is 19.9. The summed E-state index contributed by atoms with van der Waals surface area (Å²) in [5.74, 6) is -3.26. The highest BCUT2D eigenvalue weighted by molar-refractivity contribution is 6.32. The van der Waals surface area contributed by atoms with E-state index in [4.69, 9.17) is 21.1 Å². The highest BCUT2D eigenvalue weighted by Gasteiger charge is 2.44. The first-order chi connectivity index (χ1) is 17.8. The number of ether oxygens (including phenoxy) is 3. The lowest BCUT2D eigenvalue weighted by atomic mass is 10.0. The van der Waals surface area contributed by atoms with E-state index >= 15 is 0 Å². The lowest BCUT2D eigenvalue weighted by Gasteiger charge is -2.31. The Kier molecular flexibility index (Phi) is 6.25. The minimum Gasteiger partial charge on any atom is -0.473 e. The molecule has 0 spiro atoms. The molecule has 2 atom stereocenters. The molecule has 2 unspecified atom stereocenters. The molecule has 3 aromatic rings. The first-order valence-electron chi connectivity index (χ1n) is 11.3. The first-order valence-corrected chi connectivity index (χ1v) is 11.7. The summed E-state index contributed by atoms with van der Waals surface area (Å²) in [7, 11) is 0. The van der Waals surface area contributed by atoms with Crippen LogP contribution in [-0.2, 0) is 13.2 Å². The fourth-order valence-corrected chi connectivity index (χ4v) is 4.82. The van der Waals surface area contributed by atoms with Gasteiger partial charge in [-0.3, -0.25) is 4.57 Å². The smallest absolute Gasteiger partial charge is 0.473 e. The van der Waals surface area contributed by atoms with E-state index in [1.807, 2.05) is 26.0 Å². The number of nitrogens with zero attached hydrogens (tertiary/aromatic N) is 3. The van der Waals surface area contributed by atoms with Crippen molar-refractivity contribution in [1.29, 1.82) is 0 Å². The number of rotatable bonds is 6. The largest absolute Gasteiger partial charge is 0.573 e. The van der Waals surface area contributed by atoms with E-state index < -0.39 is 40.2 Å². The van der Waals surface area contributed by atoms with Gasteiger partial charge in [-0.05, 0) is 43.7 Å². The average Bonchev–Trinajstić information content (AvgIpc) is 3.28. The third kappa shape index (κ3) is 4.87. The monoisotopic (exact) mass is 555 g/mol. The van der Waals surface area contributed by atoms with Crippen molar-refractivity contribution >= 4 is 17.4 Å². The summed E-state index contributed by atoms with van der Waals surface area (Å²) < 4.78 is 82.6. The number of hydrogen-bond donors (Lipinski definition) is 0. The molecule has 0 amide bonds. The molecule has 1 aromatic heterocycles. The topological polar surface area (TPSA) is 65.8 Å². The summed E-state index contributed by atoms with van der Waals surface area (Å²) in [6.07, 6.45) is -0.878. The van der Waals surface area contributed by atoms with Gasteiger partial charge >= 0.3 is 12.1 Å². The molecular weight excluding hydrogens is 537 g/mol. The molecule has 5 rings (SSSR count). The van der Waals surface area contributed by atoms with Crippen LogP contribution < -0.4 is 24.8 Å². The summed E-state index contributed by atoms with van der Waals surface area (Å²) in [5, 5.41) is -0.470. The second-order valence-electron chi connectivity index (χ2n) is 9.07. The second-order valence-corrected chi connectivity index (χ2v) is 9.47. The van der Waals surface area contributed by atoms with Crippen molar-refractivity contribution in [2.75, 3.05) is 4.90 Å². The lowest BCUT2D eigenvalue weighted by molar-refractivity contribution is -0.274. The van der Waals surface area contributed by atoms with E-state index in [9.17, 15) is 26.7 Å². The fourth-order valence-electron chi connectivity index (χ4n) is 4.61. The summed E-state index contributed by atoms with van der Waals surface area (Å²) in [5.41, 5.74) is -0.771. The number of fused-ring (bicyclic) bond motifs is 3. The zero-order chi connectivity index (χ0) is 27.4. The maximum Gasteiger partial charge on any atom is 0.573 e. The highest BCUT2D eigenvalue weighted by Crippen LogP contribution is 2.40. The van der Waals surface area contributed by atoms with Gasteiger partial charge in [0.2, 0.25) is 5.88 Å². The quantitative estimate of drug-likeness (QED) is 0.275. The molecule has 7 nitrogen and oxygen atoms in total. The van der Waals surface area contributed by atoms with E-state index in [-0.39, 0.29) is 35.4 Å². The molecule has 2 aliphatic heterocycles. The van der Waals surface area contributed by atoms with Crippen LogP contribution in [0.25, 0.3) is 0 Å². The van der Waals surface area contributed by atoms with Crippen LogP contribution in [0.3, 0.4) is 0 Å². The van der Waals surface area contributed by atoms with E-state index in [0.717, 1.165) is 30.3 Å². The number of alkyl halides is 3. The van der Waals surface area contributed by atoms with E-state index in [1.165, 1.54) is 0 Å². The molecule has 38 heavy (non-hydrogen) atoms. The molecular formula is C25H19ClF5N3O4. The molecule has 0 aliphatic carbocycles. The summed E-state index contributed by atoms with van der Waals surface area (Å²) in [4.78, 5) is 18.6. The van der Waals surface area contributed by atoms with E-state index in [0.29, 0.717) is 12.4 Å². The molecule has 0 radical (unpaired) electrons. The molecule has 0 saturated carbocycles. The third-order valence-electron chi connectivity index (χ3n) is 6.18. The van der Waals surface area contributed by atoms with Crippen LogP contribution in [0.1, 0.15) is 19.4 Å². The number of aromatic nitrogens is 2. The lowest BCUT2D eigenvalue weighted by Crippen LogP contribution is -2.42. The predicted octanol–water partition coefficient (Wildman–Crippen LogP) is 5.98. The van der Waals surface area contributed by atoms with Gasteiger partial charge in [0, 0.05) is 18.2 Å². The molecule has 2 aliphatic rings. The summed E-state index contributed by atoms with van der Waals surface area (Å²) in [6.45, 7) is 4.14. The Morgan fingerprint density at radius 2 is 1.87 bits per heavy atom. The van der Waals surface area contributed by atoms with Crippen molar-refractivity contribution in [3.63, 3.8) is 0 Å². The zero-order valence-corrected chi connectivity index (χ0v) is 20.6. The van der Waals surface area contributed by atoms with Crippen molar-refractivity contribution in [2.24, 2.45) is 0 Å². The molecule has 0 N–H and O–H groups in total. The molecule has 3 heterocycles. The standard InChI is InChI=1S/C25H19ClF5N3O4/c1-13-5-6-24(2)12-33-21(34(13)24)10-20(32-23(33)35)36-11-14-7-17(27)22(18(28)8-14)37-15-3-4-19(16(26)9-15)38-25(29,30)31/h3-10,13H,11-12H2,1-2H3. The Hall–Kier alpha value is -3.80. The molecule has 2 aromatic carbocycles. The second kappa shape index (κ2) is 9.19. The Labute approximate surface area is 217 Å². The van der Waals surface area contributed by atoms with Gasteiger partial charge in [0.15, 0.2) is 17.4 Å². The maximum absolute atomic E-state index is 14.7. The van der Waals surface area contributed by atoms with Gasteiger partial charge in [-0.2, -0.15) is 4.98 Å². The molecule has 13 heteroatoms. The SMILES string of the molecule is CC1C=CC2(C)Cn3c(cc(OCc4cc(F)c(Oc5ccc(OC(F)(F)F)c(Cl)c5)c(F)c4)nc3=O)N12. The Morgan fingerprint density at radius 3 is 2.53 bits per heavy atom. The predicted molar refractivity (Wildman–Crippen MR) is 127 cm³/mol. The Morgan fingerprint density at radius 1 is 1.16 bits per heavy atom. The van der Waals surface area contributed by atoms with Gasteiger partial charge in [0.05, 0.1) is 17.1 Å². The van der Waals surface area contributed by atoms with Crippen LogP contribution in [0.2, 0.25) is 5.02 Å². The van der Waals surface area contributed by atoms with Crippen LogP contribution >= 0.6 is 11.6 Å². The van der Waals surface area contributed by atoms with Crippen LogP contribution in [0.4, 0.5) is 27.8 Å². The van der Waals surface area contributed by atoms with Crippen LogP contribution in [0.5, 0.6) is 23.1 Å². The molecule has 0 bridgehead atoms. The summed E-state index contributed by atoms with van der Waals surface area (Å²) >= 11 is 5.75. The highest BCUT2D eigenvalue weighted by atomic mass is 35.5. The summed E-state index contributed by atoms with van der Waals surface area (Å²) in [6, 6.07) is 6.39. The minimum atomic E-state index is -4.96. The van der Waals surface area contributed by atoms with Gasteiger partial charge in [-0.15, -0.1) is 13.2 Å². The number of halogens is 6. The Balaban J connectivity index is 1.31. The normalized spacial score (nSPS) is 19.9. The van der Waals surface area contributed by atoms with Gasteiger partial charge in [-0.1, -0.05) is 23.8 Å². The van der Waals surface area contributed by atoms with Crippen molar-refractivity contribution in [3.8, 4) is 23.1 Å². The average molecular weight is 556 g/mol. The van der Waals surface area contributed by atoms with Gasteiger partial charge in [0.1, 0.15) is 23.9 Å². The first kappa shape index (κ1) is 25.8. The van der Waals surface area contributed by atoms with Gasteiger partial charge < -0.3 is 19.1 Å². The van der Waals surface area contributed by atoms with Crippen molar-refractivity contribution in [2.45, 2.75) is 44.9 Å². The van der Waals surface area contributed by atoms with Crippen molar-refractivity contribution in [3.05, 3.63) is 81.3 Å². The van der Waals surface area contributed by atoms with E-state index in [2.05, 4.69) is 14.6 Å². The van der Waals surface area contributed by atoms with Crippen LogP contribution in [-0.4, -0.2) is 27.5 Å². The minimum absolute atomic E-state index is 0.00144.